The highest BCUT2D eigenvalue weighted by Crippen LogP contribution is 2.46. The summed E-state index contributed by atoms with van der Waals surface area (Å²) in [6.07, 6.45) is 5.13. The maximum absolute atomic E-state index is 9.38. The molecule has 3 heteroatoms. The van der Waals surface area contributed by atoms with Crippen LogP contribution in [0.25, 0.3) is 0 Å². The Morgan fingerprint density at radius 3 is 2.14 bits per heavy atom. The molecule has 3 nitrogen and oxygen atoms in total. The topological polar surface area (TPSA) is 45.0 Å². The molecule has 0 saturated heterocycles. The van der Waals surface area contributed by atoms with Gasteiger partial charge in [-0.1, -0.05) is 40.7 Å². The Kier molecular flexibility index (Phi) is 5.47. The van der Waals surface area contributed by atoms with E-state index in [4.69, 9.17) is 0 Å². The Balaban J connectivity index is 2.00. The van der Waals surface area contributed by atoms with Crippen molar-refractivity contribution in [2.24, 2.45) is 10.2 Å². The van der Waals surface area contributed by atoms with Gasteiger partial charge in [-0.05, 0) is 89.6 Å². The van der Waals surface area contributed by atoms with Crippen LogP contribution in [0.5, 0.6) is 5.75 Å². The summed E-state index contributed by atoms with van der Waals surface area (Å²) in [5.74, 6) is 0.254. The van der Waals surface area contributed by atoms with Crippen molar-refractivity contribution in [2.45, 2.75) is 71.6 Å². The van der Waals surface area contributed by atoms with Crippen LogP contribution in [0.3, 0.4) is 0 Å². The van der Waals surface area contributed by atoms with Gasteiger partial charge in [0.1, 0.15) is 5.75 Å². The number of nitrogens with zero attached hydrogens (tertiary/aromatic N) is 2. The van der Waals surface area contributed by atoms with Crippen molar-refractivity contribution in [2.75, 3.05) is 0 Å². The number of hydrogen-bond donors (Lipinski definition) is 1. The molecular formula is C25H32N2O. The monoisotopic (exact) mass is 376 g/mol. The minimum atomic E-state index is 0.182. The first-order valence-electron chi connectivity index (χ1n) is 10.2. The van der Waals surface area contributed by atoms with E-state index in [-0.39, 0.29) is 16.6 Å². The highest BCUT2D eigenvalue weighted by Gasteiger charge is 2.37. The third-order valence-corrected chi connectivity index (χ3v) is 6.15. The first kappa shape index (κ1) is 20.3. The molecule has 0 heterocycles. The molecule has 2 aromatic carbocycles. The van der Waals surface area contributed by atoms with Gasteiger partial charge in [-0.25, -0.2) is 0 Å². The predicted molar refractivity (Wildman–Crippen MR) is 119 cm³/mol. The van der Waals surface area contributed by atoms with Crippen molar-refractivity contribution >= 4 is 11.9 Å². The summed E-state index contributed by atoms with van der Waals surface area (Å²) in [6, 6.07) is 11.7. The van der Waals surface area contributed by atoms with Gasteiger partial charge in [0.15, 0.2) is 0 Å². The van der Waals surface area contributed by atoms with Crippen LogP contribution in [0.2, 0.25) is 0 Å². The van der Waals surface area contributed by atoms with Gasteiger partial charge in [-0.15, -0.1) is 0 Å². The summed E-state index contributed by atoms with van der Waals surface area (Å²) in [5.41, 5.74) is 7.74. The third kappa shape index (κ3) is 4.04. The number of fused-ring (bicyclic) bond motifs is 1. The fraction of sp³-hybridized carbons (Fsp3) is 0.440. The molecule has 3 rings (SSSR count). The molecule has 0 unspecified atom stereocenters. The molecule has 0 fully saturated rings. The number of phenolic OH excluding ortho intramolecular Hbond substituents is 1. The van der Waals surface area contributed by atoms with E-state index in [0.29, 0.717) is 0 Å². The van der Waals surface area contributed by atoms with E-state index in [1.165, 1.54) is 35.1 Å². The van der Waals surface area contributed by atoms with Crippen molar-refractivity contribution in [3.8, 4) is 5.75 Å². The molecule has 28 heavy (non-hydrogen) atoms. The van der Waals surface area contributed by atoms with Crippen molar-refractivity contribution in [1.82, 2.24) is 0 Å². The van der Waals surface area contributed by atoms with Crippen LogP contribution in [0.4, 0.5) is 0 Å². The lowest BCUT2D eigenvalue weighted by molar-refractivity contribution is 0.331. The molecule has 0 atom stereocenters. The standard InChI is InChI=1S/C25H32N2O/c1-7-19-14-22-23(25(5,6)13-12-24(22,3)4)15-21(19)17(2)27-26-16-18-8-10-20(28)11-9-18/h8-11,14-16,28H,7,12-13H2,1-6H3/b26-16-,27-17-. The van der Waals surface area contributed by atoms with Crippen LogP contribution in [0, 0.1) is 0 Å². The lowest BCUT2D eigenvalue weighted by Gasteiger charge is -2.42. The van der Waals surface area contributed by atoms with Gasteiger partial charge in [-0.3, -0.25) is 0 Å². The van der Waals surface area contributed by atoms with E-state index in [2.05, 4.69) is 57.0 Å². The average molecular weight is 377 g/mol. The Morgan fingerprint density at radius 1 is 1.00 bits per heavy atom. The van der Waals surface area contributed by atoms with Gasteiger partial charge in [-0.2, -0.15) is 10.2 Å². The summed E-state index contributed by atoms with van der Waals surface area (Å²) < 4.78 is 0. The lowest BCUT2D eigenvalue weighted by Crippen LogP contribution is -2.34. The van der Waals surface area contributed by atoms with E-state index in [0.717, 1.165) is 17.7 Å². The molecule has 148 valence electrons. The first-order valence-corrected chi connectivity index (χ1v) is 10.2. The first-order chi connectivity index (χ1) is 13.1. The van der Waals surface area contributed by atoms with Crippen LogP contribution in [-0.4, -0.2) is 17.0 Å². The van der Waals surface area contributed by atoms with Crippen molar-refractivity contribution in [3.63, 3.8) is 0 Å². The fourth-order valence-electron chi connectivity index (χ4n) is 4.08. The predicted octanol–water partition coefficient (Wildman–Crippen LogP) is 6.15. The molecule has 0 amide bonds. The number of hydrogen-bond acceptors (Lipinski definition) is 3. The maximum Gasteiger partial charge on any atom is 0.115 e. The zero-order chi connectivity index (χ0) is 20.5. The van der Waals surface area contributed by atoms with Gasteiger partial charge in [0, 0.05) is 5.56 Å². The molecule has 1 aliphatic rings. The fourth-order valence-corrected chi connectivity index (χ4v) is 4.08. The van der Waals surface area contributed by atoms with Gasteiger partial charge in [0.25, 0.3) is 0 Å². The molecule has 1 aliphatic carbocycles. The quantitative estimate of drug-likeness (QED) is 0.505. The van der Waals surface area contributed by atoms with E-state index in [1.54, 1.807) is 18.3 Å². The number of benzene rings is 2. The average Bonchev–Trinajstić information content (AvgIpc) is 2.66. The largest absolute Gasteiger partial charge is 0.508 e. The summed E-state index contributed by atoms with van der Waals surface area (Å²) in [5, 5.41) is 18.1. The van der Waals surface area contributed by atoms with Crippen LogP contribution in [0.1, 0.15) is 82.2 Å². The second kappa shape index (κ2) is 7.54. The zero-order valence-electron chi connectivity index (χ0n) is 18.0. The normalized spacial score (nSPS) is 18.3. The zero-order valence-corrected chi connectivity index (χ0v) is 18.0. The second-order valence-corrected chi connectivity index (χ2v) is 9.20. The maximum atomic E-state index is 9.38. The number of phenols is 1. The highest BCUT2D eigenvalue weighted by molar-refractivity contribution is 6.00. The molecule has 0 aliphatic heterocycles. The number of aryl methyl sites for hydroxylation is 1. The summed E-state index contributed by atoms with van der Waals surface area (Å²) in [4.78, 5) is 0. The van der Waals surface area contributed by atoms with Crippen LogP contribution in [0.15, 0.2) is 46.6 Å². The minimum Gasteiger partial charge on any atom is -0.508 e. The Labute approximate surface area is 169 Å². The summed E-state index contributed by atoms with van der Waals surface area (Å²) in [7, 11) is 0. The van der Waals surface area contributed by atoms with Crippen molar-refractivity contribution in [3.05, 3.63) is 64.2 Å². The van der Waals surface area contributed by atoms with Gasteiger partial charge < -0.3 is 5.11 Å². The Morgan fingerprint density at radius 2 is 1.57 bits per heavy atom. The highest BCUT2D eigenvalue weighted by atomic mass is 16.3. The molecule has 0 bridgehead atoms. The Hall–Kier alpha value is -2.42. The van der Waals surface area contributed by atoms with Gasteiger partial charge in [0.05, 0.1) is 11.9 Å². The minimum absolute atomic E-state index is 0.182. The van der Waals surface area contributed by atoms with Gasteiger partial charge in [0.2, 0.25) is 0 Å². The molecule has 1 N–H and O–H groups in total. The van der Waals surface area contributed by atoms with Gasteiger partial charge >= 0.3 is 0 Å². The Bertz CT molecular complexity index is 918. The molecule has 0 aromatic heterocycles. The third-order valence-electron chi connectivity index (χ3n) is 6.15. The molecule has 0 radical (unpaired) electrons. The smallest absolute Gasteiger partial charge is 0.115 e. The van der Waals surface area contributed by atoms with E-state index in [1.807, 2.05) is 19.1 Å². The van der Waals surface area contributed by atoms with E-state index >= 15 is 0 Å². The summed E-state index contributed by atoms with van der Waals surface area (Å²) >= 11 is 0. The number of aromatic hydroxyl groups is 1. The molecule has 0 saturated carbocycles. The van der Waals surface area contributed by atoms with E-state index in [9.17, 15) is 5.11 Å². The van der Waals surface area contributed by atoms with Crippen LogP contribution in [-0.2, 0) is 17.3 Å². The lowest BCUT2D eigenvalue weighted by atomic mass is 9.62. The van der Waals surface area contributed by atoms with Crippen molar-refractivity contribution in [1.29, 1.82) is 0 Å². The summed E-state index contributed by atoms with van der Waals surface area (Å²) in [6.45, 7) is 13.7. The molecule has 2 aromatic rings. The second-order valence-electron chi connectivity index (χ2n) is 9.20. The molecular weight excluding hydrogens is 344 g/mol. The SMILES string of the molecule is CCc1cc2c(cc1/C(C)=N\N=C/c1ccc(O)cc1)C(C)(C)CCC2(C)C. The van der Waals surface area contributed by atoms with Crippen molar-refractivity contribution < 1.29 is 5.11 Å². The molecule has 0 spiro atoms. The van der Waals surface area contributed by atoms with Crippen LogP contribution < -0.4 is 0 Å². The number of rotatable bonds is 4. The van der Waals surface area contributed by atoms with E-state index < -0.39 is 0 Å². The van der Waals surface area contributed by atoms with Crippen LogP contribution >= 0.6 is 0 Å².